The van der Waals surface area contributed by atoms with Gasteiger partial charge in [0.25, 0.3) is 0 Å². The Kier molecular flexibility index (Phi) is 5.83. The number of likely N-dealkylation sites (tertiary alicyclic amines) is 1. The first kappa shape index (κ1) is 18.3. The normalized spacial score (nSPS) is 20.3. The van der Waals surface area contributed by atoms with Gasteiger partial charge in [0.15, 0.2) is 0 Å². The Hall–Kier alpha value is -2.08. The van der Waals surface area contributed by atoms with Gasteiger partial charge in [-0.05, 0) is 37.0 Å². The van der Waals surface area contributed by atoms with Crippen molar-refractivity contribution in [3.05, 3.63) is 29.3 Å². The largest absolute Gasteiger partial charge is 0.449 e. The second-order valence-electron chi connectivity index (χ2n) is 6.77. The lowest BCUT2D eigenvalue weighted by Gasteiger charge is -2.24. The number of benzene rings is 1. The first-order valence-electron chi connectivity index (χ1n) is 8.28. The molecule has 1 aliphatic rings. The first-order chi connectivity index (χ1) is 11.3. The maximum absolute atomic E-state index is 12.6. The average molecular weight is 334 g/mol. The Morgan fingerprint density at radius 2 is 2.08 bits per heavy atom. The topological polar surface area (TPSA) is 78.9 Å². The molecule has 0 aromatic heterocycles. The second kappa shape index (κ2) is 7.66. The van der Waals surface area contributed by atoms with E-state index in [1.165, 1.54) is 4.90 Å². The Morgan fingerprint density at radius 1 is 1.38 bits per heavy atom. The van der Waals surface area contributed by atoms with Gasteiger partial charge in [0.2, 0.25) is 5.91 Å². The summed E-state index contributed by atoms with van der Waals surface area (Å²) in [5.74, 6) is -0.0922. The molecule has 2 rings (SSSR count). The lowest BCUT2D eigenvalue weighted by Crippen LogP contribution is -2.43. The first-order valence-corrected chi connectivity index (χ1v) is 8.28. The highest BCUT2D eigenvalue weighted by molar-refractivity contribution is 5.97. The van der Waals surface area contributed by atoms with Gasteiger partial charge in [-0.25, -0.2) is 4.79 Å². The molecule has 1 fully saturated rings. The number of anilines is 1. The quantitative estimate of drug-likeness (QED) is 0.886. The highest BCUT2D eigenvalue weighted by Crippen LogP contribution is 2.23. The fourth-order valence-electron chi connectivity index (χ4n) is 2.69. The van der Waals surface area contributed by atoms with Gasteiger partial charge in [-0.1, -0.05) is 26.0 Å². The van der Waals surface area contributed by atoms with E-state index in [2.05, 4.69) is 5.32 Å². The van der Waals surface area contributed by atoms with E-state index in [1.807, 2.05) is 45.9 Å². The smallest absolute Gasteiger partial charge is 0.410 e. The predicted molar refractivity (Wildman–Crippen MR) is 91.8 cm³/mol. The number of β-amino-alcohol motifs (C(OH)–C–C–N with tert-alkyl or cyclic N) is 1. The summed E-state index contributed by atoms with van der Waals surface area (Å²) in [6, 6.07) is 4.95. The highest BCUT2D eigenvalue weighted by atomic mass is 16.6. The molecule has 2 atom stereocenters. The minimum absolute atomic E-state index is 0.113. The number of carbonyl (C=O) groups is 2. The summed E-state index contributed by atoms with van der Waals surface area (Å²) >= 11 is 0. The molecule has 0 aliphatic carbocycles. The van der Waals surface area contributed by atoms with E-state index in [0.29, 0.717) is 0 Å². The van der Waals surface area contributed by atoms with Gasteiger partial charge in [-0.15, -0.1) is 0 Å². The summed E-state index contributed by atoms with van der Waals surface area (Å²) in [5, 5.41) is 12.7. The van der Waals surface area contributed by atoms with Crippen LogP contribution in [0.5, 0.6) is 0 Å². The molecule has 1 aromatic carbocycles. The van der Waals surface area contributed by atoms with Gasteiger partial charge in [0.05, 0.1) is 19.3 Å². The van der Waals surface area contributed by atoms with Crippen LogP contribution in [0.25, 0.3) is 0 Å². The number of aliphatic hydroxyl groups excluding tert-OH is 1. The molecule has 1 aliphatic heterocycles. The fourth-order valence-corrected chi connectivity index (χ4v) is 2.69. The second-order valence-corrected chi connectivity index (χ2v) is 6.77. The zero-order valence-corrected chi connectivity index (χ0v) is 14.7. The SMILES string of the molecule is Cc1cccc(NC(=O)C2CC(O)CN2C(=O)OCC(C)C)c1C. The van der Waals surface area contributed by atoms with Crippen LogP contribution in [-0.4, -0.2) is 47.3 Å². The maximum atomic E-state index is 12.6. The molecule has 2 N–H and O–H groups in total. The van der Waals surface area contributed by atoms with Crippen molar-refractivity contribution in [2.45, 2.75) is 46.3 Å². The number of rotatable bonds is 4. The van der Waals surface area contributed by atoms with E-state index in [4.69, 9.17) is 4.74 Å². The lowest BCUT2D eigenvalue weighted by atomic mass is 10.1. The van der Waals surface area contributed by atoms with Gasteiger partial charge in [0, 0.05) is 12.1 Å². The number of amides is 2. The molecule has 24 heavy (non-hydrogen) atoms. The van der Waals surface area contributed by atoms with Crippen LogP contribution in [0.3, 0.4) is 0 Å². The van der Waals surface area contributed by atoms with Crippen LogP contribution in [0, 0.1) is 19.8 Å². The lowest BCUT2D eigenvalue weighted by molar-refractivity contribution is -0.120. The van der Waals surface area contributed by atoms with Crippen LogP contribution in [0.1, 0.15) is 31.4 Å². The zero-order chi connectivity index (χ0) is 17.9. The molecule has 0 saturated carbocycles. The summed E-state index contributed by atoms with van der Waals surface area (Å²) in [6.45, 7) is 8.19. The Bertz CT molecular complexity index is 615. The molecule has 1 aromatic rings. The van der Waals surface area contributed by atoms with Crippen molar-refractivity contribution in [3.63, 3.8) is 0 Å². The Morgan fingerprint density at radius 3 is 2.75 bits per heavy atom. The standard InChI is InChI=1S/C18H26N2O4/c1-11(2)10-24-18(23)20-9-14(21)8-16(20)17(22)19-15-7-5-6-12(3)13(15)4/h5-7,11,14,16,21H,8-10H2,1-4H3,(H,19,22). The van der Waals surface area contributed by atoms with Crippen molar-refractivity contribution in [3.8, 4) is 0 Å². The average Bonchev–Trinajstić information content (AvgIpc) is 2.91. The van der Waals surface area contributed by atoms with Crippen LogP contribution in [-0.2, 0) is 9.53 Å². The Labute approximate surface area is 142 Å². The summed E-state index contributed by atoms with van der Waals surface area (Å²) in [4.78, 5) is 26.1. The molecule has 132 valence electrons. The molecule has 2 amide bonds. The van der Waals surface area contributed by atoms with Gasteiger partial charge < -0.3 is 15.2 Å². The molecule has 1 saturated heterocycles. The van der Waals surface area contributed by atoms with Gasteiger partial charge >= 0.3 is 6.09 Å². The summed E-state index contributed by atoms with van der Waals surface area (Å²) < 4.78 is 5.21. The molecular weight excluding hydrogens is 308 g/mol. The third-order valence-electron chi connectivity index (χ3n) is 4.22. The fraction of sp³-hybridized carbons (Fsp3) is 0.556. The van der Waals surface area contributed by atoms with Gasteiger partial charge in [0.1, 0.15) is 6.04 Å². The van der Waals surface area contributed by atoms with Crippen LogP contribution < -0.4 is 5.32 Å². The molecule has 2 unspecified atom stereocenters. The third-order valence-corrected chi connectivity index (χ3v) is 4.22. The summed E-state index contributed by atoms with van der Waals surface area (Å²) in [6.07, 6.45) is -1.06. The minimum Gasteiger partial charge on any atom is -0.449 e. The number of nitrogens with one attached hydrogen (secondary N) is 1. The van der Waals surface area contributed by atoms with E-state index in [1.54, 1.807) is 0 Å². The summed E-state index contributed by atoms with van der Waals surface area (Å²) in [7, 11) is 0. The van der Waals surface area contributed by atoms with Crippen LogP contribution in [0.4, 0.5) is 10.5 Å². The number of aliphatic hydroxyl groups is 1. The molecule has 0 spiro atoms. The molecule has 0 bridgehead atoms. The van der Waals surface area contributed by atoms with Crippen LogP contribution in [0.2, 0.25) is 0 Å². The number of carbonyl (C=O) groups excluding carboxylic acids is 2. The minimum atomic E-state index is -0.723. The van der Waals surface area contributed by atoms with Gasteiger partial charge in [-0.3, -0.25) is 9.69 Å². The van der Waals surface area contributed by atoms with Crippen molar-refractivity contribution >= 4 is 17.7 Å². The predicted octanol–water partition coefficient (Wildman–Crippen LogP) is 2.47. The molecule has 1 heterocycles. The monoisotopic (exact) mass is 334 g/mol. The highest BCUT2D eigenvalue weighted by Gasteiger charge is 2.40. The molecule has 0 radical (unpaired) electrons. The van der Waals surface area contributed by atoms with Crippen molar-refractivity contribution in [1.82, 2.24) is 4.90 Å². The number of aryl methyl sites for hydroxylation is 1. The molecular formula is C18H26N2O4. The molecule has 6 nitrogen and oxygen atoms in total. The third kappa shape index (κ3) is 4.26. The van der Waals surface area contributed by atoms with Crippen LogP contribution in [0.15, 0.2) is 18.2 Å². The maximum Gasteiger partial charge on any atom is 0.410 e. The van der Waals surface area contributed by atoms with Gasteiger partial charge in [-0.2, -0.15) is 0 Å². The number of hydrogen-bond donors (Lipinski definition) is 2. The van der Waals surface area contributed by atoms with E-state index in [-0.39, 0.29) is 31.4 Å². The zero-order valence-electron chi connectivity index (χ0n) is 14.7. The van der Waals surface area contributed by atoms with Crippen molar-refractivity contribution in [2.75, 3.05) is 18.5 Å². The van der Waals surface area contributed by atoms with E-state index in [9.17, 15) is 14.7 Å². The summed E-state index contributed by atoms with van der Waals surface area (Å²) in [5.41, 5.74) is 2.78. The molecule has 6 heteroatoms. The number of ether oxygens (including phenoxy) is 1. The van der Waals surface area contributed by atoms with Crippen LogP contribution >= 0.6 is 0 Å². The van der Waals surface area contributed by atoms with E-state index < -0.39 is 18.2 Å². The Balaban J connectivity index is 2.08. The van der Waals surface area contributed by atoms with Crippen molar-refractivity contribution in [1.29, 1.82) is 0 Å². The van der Waals surface area contributed by atoms with E-state index in [0.717, 1.165) is 16.8 Å². The number of hydrogen-bond acceptors (Lipinski definition) is 4. The number of nitrogens with zero attached hydrogens (tertiary/aromatic N) is 1. The van der Waals surface area contributed by atoms with Crippen molar-refractivity contribution in [2.24, 2.45) is 5.92 Å². The van der Waals surface area contributed by atoms with Crippen molar-refractivity contribution < 1.29 is 19.4 Å². The van der Waals surface area contributed by atoms with E-state index >= 15 is 0 Å².